The molecule has 0 aliphatic heterocycles. The summed E-state index contributed by atoms with van der Waals surface area (Å²) in [7, 11) is 7.95. The summed E-state index contributed by atoms with van der Waals surface area (Å²) in [4.78, 5) is 0.577. The molecule has 0 aliphatic carbocycles. The number of nitrogens with one attached hydrogen (secondary N) is 1. The number of halogens is 1. The van der Waals surface area contributed by atoms with Crippen LogP contribution in [0, 0.1) is 0 Å². The van der Waals surface area contributed by atoms with E-state index in [1.807, 2.05) is 36.4 Å². The molecule has 8 heteroatoms. The van der Waals surface area contributed by atoms with Gasteiger partial charge in [-0.1, -0.05) is 18.3 Å². The molecular weight excluding hydrogens is 458 g/mol. The van der Waals surface area contributed by atoms with E-state index in [1.165, 1.54) is 0 Å². The topological polar surface area (TPSA) is 58.2 Å². The van der Waals surface area contributed by atoms with Gasteiger partial charge < -0.3 is 29.0 Å². The lowest BCUT2D eigenvalue weighted by Crippen LogP contribution is -2.19. The van der Waals surface area contributed by atoms with E-state index >= 15 is 0 Å². The normalized spacial score (nSPS) is 10.6. The zero-order valence-electron chi connectivity index (χ0n) is 17.0. The number of methoxy groups -OCH3 is 5. The number of benzene rings is 2. The second-order valence-corrected chi connectivity index (χ2v) is 7.08. The molecular formula is C21H24BrNO5S. The molecule has 0 unspecified atom stereocenters. The minimum absolute atomic E-state index is 0.475. The van der Waals surface area contributed by atoms with Crippen molar-refractivity contribution in [1.82, 2.24) is 5.32 Å². The lowest BCUT2D eigenvalue weighted by Gasteiger charge is -2.16. The Hall–Kier alpha value is -2.45. The molecule has 0 radical (unpaired) electrons. The molecule has 0 saturated heterocycles. The third kappa shape index (κ3) is 5.55. The summed E-state index contributed by atoms with van der Waals surface area (Å²) in [6.45, 7) is 0.475. The summed E-state index contributed by atoms with van der Waals surface area (Å²) in [6.07, 6.45) is 3.71. The van der Waals surface area contributed by atoms with Crippen LogP contribution in [0.1, 0.15) is 11.1 Å². The van der Waals surface area contributed by atoms with Crippen molar-refractivity contribution < 1.29 is 23.7 Å². The Labute approximate surface area is 184 Å². The van der Waals surface area contributed by atoms with Crippen molar-refractivity contribution in [3.63, 3.8) is 0 Å². The van der Waals surface area contributed by atoms with Crippen LogP contribution < -0.4 is 29.0 Å². The third-order valence-electron chi connectivity index (χ3n) is 4.12. The van der Waals surface area contributed by atoms with Gasteiger partial charge in [-0.2, -0.15) is 0 Å². The largest absolute Gasteiger partial charge is 0.493 e. The van der Waals surface area contributed by atoms with Crippen LogP contribution in [0.3, 0.4) is 0 Å². The first-order valence-electron chi connectivity index (χ1n) is 8.64. The van der Waals surface area contributed by atoms with Crippen molar-refractivity contribution in [3.05, 3.63) is 45.9 Å². The van der Waals surface area contributed by atoms with Gasteiger partial charge in [-0.05, 0) is 51.8 Å². The minimum Gasteiger partial charge on any atom is -0.493 e. The first kappa shape index (κ1) is 22.8. The smallest absolute Gasteiger partial charge is 0.203 e. The molecule has 29 heavy (non-hydrogen) atoms. The number of ether oxygens (including phenoxy) is 5. The first-order valence-corrected chi connectivity index (χ1v) is 9.84. The van der Waals surface area contributed by atoms with Crippen molar-refractivity contribution in [3.8, 4) is 28.7 Å². The Morgan fingerprint density at radius 2 is 1.55 bits per heavy atom. The Bertz CT molecular complexity index is 901. The molecule has 0 bridgehead atoms. The molecule has 156 valence electrons. The fourth-order valence-electron chi connectivity index (χ4n) is 2.75. The van der Waals surface area contributed by atoms with Crippen LogP contribution in [0.5, 0.6) is 28.7 Å². The van der Waals surface area contributed by atoms with Gasteiger partial charge in [0.1, 0.15) is 0 Å². The van der Waals surface area contributed by atoms with Gasteiger partial charge in [0.2, 0.25) is 5.75 Å². The summed E-state index contributed by atoms with van der Waals surface area (Å²) >= 11 is 8.91. The maximum atomic E-state index is 5.49. The summed E-state index contributed by atoms with van der Waals surface area (Å²) in [5.74, 6) is 3.04. The van der Waals surface area contributed by atoms with E-state index in [0.29, 0.717) is 40.3 Å². The van der Waals surface area contributed by atoms with E-state index in [9.17, 15) is 0 Å². The molecule has 0 spiro atoms. The molecule has 0 saturated carbocycles. The quantitative estimate of drug-likeness (QED) is 0.414. The minimum atomic E-state index is 0.475. The number of hydrogen-bond donors (Lipinski definition) is 1. The second-order valence-electron chi connectivity index (χ2n) is 5.78. The van der Waals surface area contributed by atoms with Gasteiger partial charge in [0.25, 0.3) is 0 Å². The highest BCUT2D eigenvalue weighted by Crippen LogP contribution is 2.39. The van der Waals surface area contributed by atoms with Gasteiger partial charge in [0.05, 0.1) is 45.0 Å². The van der Waals surface area contributed by atoms with Gasteiger partial charge in [0.15, 0.2) is 23.0 Å². The van der Waals surface area contributed by atoms with Crippen LogP contribution in [0.25, 0.3) is 6.08 Å². The zero-order chi connectivity index (χ0) is 21.4. The maximum absolute atomic E-state index is 5.49. The molecule has 2 aromatic carbocycles. The molecule has 2 aromatic rings. The van der Waals surface area contributed by atoms with Crippen LogP contribution >= 0.6 is 28.1 Å². The van der Waals surface area contributed by atoms with Crippen LogP contribution in [0.15, 0.2) is 34.8 Å². The van der Waals surface area contributed by atoms with Gasteiger partial charge in [-0.25, -0.2) is 0 Å². The number of rotatable bonds is 9. The van der Waals surface area contributed by atoms with Crippen molar-refractivity contribution >= 4 is 39.2 Å². The predicted molar refractivity (Wildman–Crippen MR) is 122 cm³/mol. The van der Waals surface area contributed by atoms with Crippen LogP contribution in [0.2, 0.25) is 0 Å². The van der Waals surface area contributed by atoms with Crippen molar-refractivity contribution in [2.24, 2.45) is 0 Å². The average Bonchev–Trinajstić information content (AvgIpc) is 2.74. The van der Waals surface area contributed by atoms with Crippen LogP contribution in [0.4, 0.5) is 0 Å². The average molecular weight is 482 g/mol. The highest BCUT2D eigenvalue weighted by molar-refractivity contribution is 9.10. The Kier molecular flexibility index (Phi) is 8.60. The van der Waals surface area contributed by atoms with Crippen molar-refractivity contribution in [2.75, 3.05) is 35.5 Å². The maximum Gasteiger partial charge on any atom is 0.203 e. The summed E-state index contributed by atoms with van der Waals surface area (Å²) < 4.78 is 27.7. The molecule has 0 atom stereocenters. The Morgan fingerprint density at radius 1 is 0.897 bits per heavy atom. The summed E-state index contributed by atoms with van der Waals surface area (Å²) in [5, 5.41) is 3.20. The molecule has 1 N–H and O–H groups in total. The zero-order valence-corrected chi connectivity index (χ0v) is 19.4. The van der Waals surface area contributed by atoms with E-state index in [4.69, 9.17) is 35.9 Å². The summed E-state index contributed by atoms with van der Waals surface area (Å²) in [6, 6.07) is 7.54. The predicted octanol–water partition coefficient (Wildman–Crippen LogP) is 4.62. The van der Waals surface area contributed by atoms with Crippen molar-refractivity contribution in [2.45, 2.75) is 6.54 Å². The molecule has 0 heterocycles. The summed E-state index contributed by atoms with van der Waals surface area (Å²) in [5.41, 5.74) is 1.82. The third-order valence-corrected chi connectivity index (χ3v) is 4.99. The Morgan fingerprint density at radius 3 is 2.14 bits per heavy atom. The highest BCUT2D eigenvalue weighted by atomic mass is 79.9. The SMILES string of the molecule is COc1cc(/C=C/C(=S)NCc2ccc(OC)c(OC)c2OC)cc(Br)c1OC. The number of hydrogen-bond acceptors (Lipinski definition) is 6. The highest BCUT2D eigenvalue weighted by Gasteiger charge is 2.15. The van der Waals surface area contributed by atoms with E-state index in [2.05, 4.69) is 21.2 Å². The van der Waals surface area contributed by atoms with E-state index in [-0.39, 0.29) is 0 Å². The lowest BCUT2D eigenvalue weighted by atomic mass is 10.1. The van der Waals surface area contributed by atoms with Gasteiger partial charge in [-0.3, -0.25) is 0 Å². The molecule has 0 amide bonds. The first-order chi connectivity index (χ1) is 14.0. The van der Waals surface area contributed by atoms with E-state index in [0.717, 1.165) is 15.6 Å². The van der Waals surface area contributed by atoms with E-state index < -0.39 is 0 Å². The molecule has 0 aliphatic rings. The number of thiocarbonyl (C=S) groups is 1. The van der Waals surface area contributed by atoms with Crippen molar-refractivity contribution in [1.29, 1.82) is 0 Å². The van der Waals surface area contributed by atoms with E-state index in [1.54, 1.807) is 35.5 Å². The van der Waals surface area contributed by atoms with Gasteiger partial charge in [-0.15, -0.1) is 0 Å². The lowest BCUT2D eigenvalue weighted by molar-refractivity contribution is 0.322. The second kappa shape index (κ2) is 10.9. The monoisotopic (exact) mass is 481 g/mol. The molecule has 0 fully saturated rings. The fourth-order valence-corrected chi connectivity index (χ4v) is 3.51. The molecule has 0 aromatic heterocycles. The molecule has 2 rings (SSSR count). The fraction of sp³-hybridized carbons (Fsp3) is 0.286. The Balaban J connectivity index is 2.12. The van der Waals surface area contributed by atoms with Gasteiger partial charge >= 0.3 is 0 Å². The standard InChI is InChI=1S/C21H24BrNO5S/c1-24-16-8-7-14(19(26-3)21(16)28-5)12-23-18(29)9-6-13-10-15(22)20(27-4)17(11-13)25-2/h6-11H,12H2,1-5H3,(H,23,29)/b9-6+. The van der Waals surface area contributed by atoms with Crippen LogP contribution in [-0.2, 0) is 6.54 Å². The molecule has 6 nitrogen and oxygen atoms in total. The van der Waals surface area contributed by atoms with Crippen LogP contribution in [-0.4, -0.2) is 40.5 Å². The van der Waals surface area contributed by atoms with Gasteiger partial charge in [0, 0.05) is 12.1 Å².